The van der Waals surface area contributed by atoms with Gasteiger partial charge in [-0.1, -0.05) is 13.8 Å². The standard InChI is InChI=1S/C13H14BrFN2S/c1-13(2)5-7(13)6-17-11-3-8(14)9(15)4-10(11)16-12(17)18/h3-4,7H,5-6H2,1-2H3,(H,16,18). The Morgan fingerprint density at radius 1 is 1.56 bits per heavy atom. The summed E-state index contributed by atoms with van der Waals surface area (Å²) in [5.41, 5.74) is 2.14. The zero-order valence-electron chi connectivity index (χ0n) is 10.3. The van der Waals surface area contributed by atoms with Crippen molar-refractivity contribution in [2.45, 2.75) is 26.8 Å². The van der Waals surface area contributed by atoms with Gasteiger partial charge >= 0.3 is 0 Å². The fourth-order valence-corrected chi connectivity index (χ4v) is 3.06. The van der Waals surface area contributed by atoms with Gasteiger partial charge in [-0.05, 0) is 52.0 Å². The Kier molecular flexibility index (Phi) is 2.68. The molecule has 3 rings (SSSR count). The van der Waals surface area contributed by atoms with E-state index in [1.165, 1.54) is 12.5 Å². The molecule has 0 spiro atoms. The van der Waals surface area contributed by atoms with Gasteiger partial charge in [-0.25, -0.2) is 4.39 Å². The summed E-state index contributed by atoms with van der Waals surface area (Å²) in [6, 6.07) is 3.29. The molecule has 1 aliphatic carbocycles. The van der Waals surface area contributed by atoms with Crippen LogP contribution in [0.2, 0.25) is 0 Å². The van der Waals surface area contributed by atoms with Gasteiger partial charge in [0.1, 0.15) is 5.82 Å². The first-order valence-corrected chi connectivity index (χ1v) is 7.16. The molecule has 2 nitrogen and oxygen atoms in total. The number of aromatic nitrogens is 2. The average molecular weight is 329 g/mol. The summed E-state index contributed by atoms with van der Waals surface area (Å²) in [6.07, 6.45) is 1.23. The lowest BCUT2D eigenvalue weighted by molar-refractivity contribution is 0.502. The second-order valence-corrected chi connectivity index (χ2v) is 6.95. The molecule has 1 heterocycles. The van der Waals surface area contributed by atoms with Gasteiger partial charge in [0.25, 0.3) is 0 Å². The number of fused-ring (bicyclic) bond motifs is 1. The average Bonchev–Trinajstić information content (AvgIpc) is 2.76. The number of nitrogens with zero attached hydrogens (tertiary/aromatic N) is 1. The van der Waals surface area contributed by atoms with Crippen molar-refractivity contribution in [1.29, 1.82) is 0 Å². The lowest BCUT2D eigenvalue weighted by atomic mass is 10.1. The van der Waals surface area contributed by atoms with E-state index >= 15 is 0 Å². The van der Waals surface area contributed by atoms with E-state index in [1.54, 1.807) is 6.07 Å². The SMILES string of the molecule is CC1(C)CC1Cn1c(=S)[nH]c2cc(F)c(Br)cc21. The van der Waals surface area contributed by atoms with Crippen molar-refractivity contribution < 1.29 is 4.39 Å². The molecule has 0 amide bonds. The molecule has 1 aromatic carbocycles. The van der Waals surface area contributed by atoms with Crippen LogP contribution in [0.4, 0.5) is 4.39 Å². The summed E-state index contributed by atoms with van der Waals surface area (Å²) in [5, 5.41) is 0. The van der Waals surface area contributed by atoms with Crippen LogP contribution in [0.3, 0.4) is 0 Å². The number of halogens is 2. The van der Waals surface area contributed by atoms with Gasteiger partial charge < -0.3 is 9.55 Å². The van der Waals surface area contributed by atoms with Crippen molar-refractivity contribution >= 4 is 39.2 Å². The van der Waals surface area contributed by atoms with Gasteiger partial charge in [0.15, 0.2) is 4.77 Å². The number of benzene rings is 1. The van der Waals surface area contributed by atoms with Crippen LogP contribution in [0.25, 0.3) is 11.0 Å². The van der Waals surface area contributed by atoms with Crippen molar-refractivity contribution in [1.82, 2.24) is 9.55 Å². The predicted molar refractivity (Wildman–Crippen MR) is 76.7 cm³/mol. The number of hydrogen-bond donors (Lipinski definition) is 1. The summed E-state index contributed by atoms with van der Waals surface area (Å²) in [7, 11) is 0. The van der Waals surface area contributed by atoms with Crippen LogP contribution in [-0.2, 0) is 6.54 Å². The fraction of sp³-hybridized carbons (Fsp3) is 0.462. The van der Waals surface area contributed by atoms with Crippen LogP contribution in [0.15, 0.2) is 16.6 Å². The lowest BCUT2D eigenvalue weighted by Crippen LogP contribution is -2.03. The topological polar surface area (TPSA) is 20.7 Å². The first-order chi connectivity index (χ1) is 8.38. The second kappa shape index (κ2) is 3.90. The van der Waals surface area contributed by atoms with Crippen LogP contribution in [0.1, 0.15) is 20.3 Å². The highest BCUT2D eigenvalue weighted by molar-refractivity contribution is 9.10. The quantitative estimate of drug-likeness (QED) is 0.796. The highest BCUT2D eigenvalue weighted by atomic mass is 79.9. The Bertz CT molecular complexity index is 686. The van der Waals surface area contributed by atoms with Crippen molar-refractivity contribution in [3.05, 3.63) is 27.2 Å². The summed E-state index contributed by atoms with van der Waals surface area (Å²) < 4.78 is 16.7. The fourth-order valence-electron chi connectivity index (χ4n) is 2.44. The molecule has 0 aliphatic heterocycles. The second-order valence-electron chi connectivity index (χ2n) is 5.71. The van der Waals surface area contributed by atoms with Gasteiger partial charge in [-0.15, -0.1) is 0 Å². The Morgan fingerprint density at radius 3 is 2.83 bits per heavy atom. The normalized spacial score (nSPS) is 21.4. The molecule has 1 aliphatic rings. The molecule has 0 bridgehead atoms. The van der Waals surface area contributed by atoms with E-state index in [1.807, 2.05) is 0 Å². The first-order valence-electron chi connectivity index (χ1n) is 5.96. The van der Waals surface area contributed by atoms with Gasteiger partial charge in [0.05, 0.1) is 15.5 Å². The van der Waals surface area contributed by atoms with E-state index in [-0.39, 0.29) is 5.82 Å². The van der Waals surface area contributed by atoms with Gasteiger partial charge in [-0.2, -0.15) is 0 Å². The summed E-state index contributed by atoms with van der Waals surface area (Å²) in [4.78, 5) is 3.07. The van der Waals surface area contributed by atoms with Crippen LogP contribution in [0, 0.1) is 21.9 Å². The lowest BCUT2D eigenvalue weighted by Gasteiger charge is -2.06. The zero-order valence-corrected chi connectivity index (χ0v) is 12.7. The molecule has 0 saturated heterocycles. The number of nitrogens with one attached hydrogen (secondary N) is 1. The Hall–Kier alpha value is -0.680. The molecule has 1 fully saturated rings. The van der Waals surface area contributed by atoms with Gasteiger partial charge in [0.2, 0.25) is 0 Å². The molecule has 1 saturated carbocycles. The monoisotopic (exact) mass is 328 g/mol. The van der Waals surface area contributed by atoms with Crippen molar-refractivity contribution in [3.63, 3.8) is 0 Å². The number of rotatable bonds is 2. The zero-order chi connectivity index (χ0) is 13.1. The Morgan fingerprint density at radius 2 is 2.22 bits per heavy atom. The summed E-state index contributed by atoms with van der Waals surface area (Å²) in [6.45, 7) is 5.45. The molecule has 1 N–H and O–H groups in total. The van der Waals surface area contributed by atoms with E-state index in [0.717, 1.165) is 17.6 Å². The molecule has 1 aromatic heterocycles. The van der Waals surface area contributed by atoms with E-state index in [0.29, 0.717) is 20.6 Å². The third-order valence-corrected chi connectivity index (χ3v) is 4.87. The van der Waals surface area contributed by atoms with Crippen LogP contribution in [0.5, 0.6) is 0 Å². The van der Waals surface area contributed by atoms with Gasteiger partial charge in [-0.3, -0.25) is 0 Å². The predicted octanol–water partition coefficient (Wildman–Crippen LogP) is 4.65. The maximum Gasteiger partial charge on any atom is 0.178 e. The summed E-state index contributed by atoms with van der Waals surface area (Å²) >= 11 is 8.56. The van der Waals surface area contributed by atoms with E-state index in [4.69, 9.17) is 12.2 Å². The van der Waals surface area contributed by atoms with E-state index in [2.05, 4.69) is 39.3 Å². The number of imidazole rings is 1. The van der Waals surface area contributed by atoms with Crippen LogP contribution >= 0.6 is 28.1 Å². The van der Waals surface area contributed by atoms with Crippen LogP contribution in [-0.4, -0.2) is 9.55 Å². The Balaban J connectivity index is 2.08. The first kappa shape index (κ1) is 12.4. The number of aromatic amines is 1. The smallest absolute Gasteiger partial charge is 0.178 e. The molecule has 96 valence electrons. The molecular weight excluding hydrogens is 315 g/mol. The minimum Gasteiger partial charge on any atom is -0.330 e. The van der Waals surface area contributed by atoms with Crippen molar-refractivity contribution in [3.8, 4) is 0 Å². The third-order valence-electron chi connectivity index (χ3n) is 3.94. The molecule has 2 aromatic rings. The maximum absolute atomic E-state index is 13.5. The molecule has 0 radical (unpaired) electrons. The molecule has 5 heteroatoms. The van der Waals surface area contributed by atoms with Crippen molar-refractivity contribution in [2.75, 3.05) is 0 Å². The van der Waals surface area contributed by atoms with E-state index < -0.39 is 0 Å². The summed E-state index contributed by atoms with van der Waals surface area (Å²) in [5.74, 6) is 0.393. The minimum atomic E-state index is -0.266. The van der Waals surface area contributed by atoms with Gasteiger partial charge in [0, 0.05) is 12.6 Å². The number of H-pyrrole nitrogens is 1. The highest BCUT2D eigenvalue weighted by Gasteiger charge is 2.45. The molecule has 1 unspecified atom stereocenters. The molecular formula is C13H14BrFN2S. The highest BCUT2D eigenvalue weighted by Crippen LogP contribution is 2.52. The maximum atomic E-state index is 13.5. The molecule has 1 atom stereocenters. The number of hydrogen-bond acceptors (Lipinski definition) is 1. The van der Waals surface area contributed by atoms with E-state index in [9.17, 15) is 4.39 Å². The van der Waals surface area contributed by atoms with Crippen molar-refractivity contribution in [2.24, 2.45) is 11.3 Å². The van der Waals surface area contributed by atoms with Crippen LogP contribution < -0.4 is 0 Å². The largest absolute Gasteiger partial charge is 0.330 e. The third kappa shape index (κ3) is 1.93. The Labute approximate surface area is 118 Å². The minimum absolute atomic E-state index is 0.266. The molecule has 18 heavy (non-hydrogen) atoms.